The Labute approximate surface area is 132 Å². The van der Waals surface area contributed by atoms with Gasteiger partial charge in [0, 0.05) is 39.3 Å². The van der Waals surface area contributed by atoms with Crippen molar-refractivity contribution in [2.45, 2.75) is 13.8 Å². The number of hydrogen-bond donors (Lipinski definition) is 1. The maximum Gasteiger partial charge on any atom is 0.140 e. The molecule has 0 aromatic heterocycles. The van der Waals surface area contributed by atoms with Crippen LogP contribution in [-0.4, -0.2) is 67.4 Å². The second kappa shape index (κ2) is 7.99. The van der Waals surface area contributed by atoms with E-state index >= 15 is 0 Å². The van der Waals surface area contributed by atoms with Gasteiger partial charge in [-0.2, -0.15) is 0 Å². The van der Waals surface area contributed by atoms with E-state index in [0.29, 0.717) is 11.6 Å². The van der Waals surface area contributed by atoms with E-state index in [4.69, 9.17) is 21.4 Å². The van der Waals surface area contributed by atoms with E-state index in [1.165, 1.54) is 0 Å². The van der Waals surface area contributed by atoms with E-state index in [1.807, 2.05) is 19.9 Å². The number of rotatable bonds is 6. The number of piperazine rings is 1. The van der Waals surface area contributed by atoms with Crippen LogP contribution in [0.5, 0.6) is 5.75 Å². The maximum atomic E-state index is 8.94. The highest BCUT2D eigenvalue weighted by atomic mass is 35.5. The molecule has 0 bridgehead atoms. The van der Waals surface area contributed by atoms with Gasteiger partial charge in [-0.15, -0.1) is 0 Å². The second-order valence-corrected chi connectivity index (χ2v) is 6.06. The zero-order valence-corrected chi connectivity index (χ0v) is 13.7. The van der Waals surface area contributed by atoms with E-state index in [1.54, 1.807) is 0 Å². The van der Waals surface area contributed by atoms with E-state index in [9.17, 15) is 0 Å². The number of hydrogen-bond acceptors (Lipinski definition) is 4. The quantitative estimate of drug-likeness (QED) is 0.871. The molecule has 21 heavy (non-hydrogen) atoms. The first-order valence-corrected chi connectivity index (χ1v) is 7.93. The highest BCUT2D eigenvalue weighted by Gasteiger charge is 2.16. The lowest BCUT2D eigenvalue weighted by atomic mass is 10.1. The molecule has 0 unspecified atom stereocenters. The van der Waals surface area contributed by atoms with Crippen molar-refractivity contribution in [2.24, 2.45) is 0 Å². The molecule has 0 aliphatic carbocycles. The molecule has 1 aromatic rings. The number of aliphatic hydroxyl groups excluding tert-OH is 1. The summed E-state index contributed by atoms with van der Waals surface area (Å²) in [5, 5.41) is 9.63. The van der Waals surface area contributed by atoms with Gasteiger partial charge in [-0.05, 0) is 31.0 Å². The molecule has 0 amide bonds. The van der Waals surface area contributed by atoms with Crippen molar-refractivity contribution in [3.63, 3.8) is 0 Å². The molecular formula is C16H25ClN2O2. The SMILES string of the molecule is Cc1cc(C)c(OCCN2CCN(CCO)CC2)c(Cl)c1. The summed E-state index contributed by atoms with van der Waals surface area (Å²) in [5.74, 6) is 0.807. The fraction of sp³-hybridized carbons (Fsp3) is 0.625. The van der Waals surface area contributed by atoms with Crippen molar-refractivity contribution in [1.29, 1.82) is 0 Å². The molecule has 4 nitrogen and oxygen atoms in total. The summed E-state index contributed by atoms with van der Waals surface area (Å²) < 4.78 is 5.87. The monoisotopic (exact) mass is 312 g/mol. The van der Waals surface area contributed by atoms with Crippen LogP contribution in [0.3, 0.4) is 0 Å². The molecule has 1 aromatic carbocycles. The van der Waals surface area contributed by atoms with Gasteiger partial charge in [-0.25, -0.2) is 0 Å². The van der Waals surface area contributed by atoms with Gasteiger partial charge in [0.25, 0.3) is 0 Å². The largest absolute Gasteiger partial charge is 0.490 e. The highest BCUT2D eigenvalue weighted by molar-refractivity contribution is 6.32. The van der Waals surface area contributed by atoms with Gasteiger partial charge in [-0.1, -0.05) is 17.7 Å². The van der Waals surface area contributed by atoms with Crippen molar-refractivity contribution in [3.05, 3.63) is 28.3 Å². The number of aliphatic hydroxyl groups is 1. The van der Waals surface area contributed by atoms with Crippen LogP contribution in [0.15, 0.2) is 12.1 Å². The van der Waals surface area contributed by atoms with Crippen LogP contribution in [0, 0.1) is 13.8 Å². The first-order chi connectivity index (χ1) is 10.1. The molecule has 1 saturated heterocycles. The van der Waals surface area contributed by atoms with Gasteiger partial charge >= 0.3 is 0 Å². The average molecular weight is 313 g/mol. The Bertz CT molecular complexity index is 437. The third-order valence-corrected chi connectivity index (χ3v) is 4.19. The average Bonchev–Trinajstić information content (AvgIpc) is 2.44. The molecule has 1 aliphatic rings. The summed E-state index contributed by atoms with van der Waals surface area (Å²) >= 11 is 6.24. The third-order valence-electron chi connectivity index (χ3n) is 3.91. The maximum absolute atomic E-state index is 8.94. The molecule has 1 fully saturated rings. The number of nitrogens with zero attached hydrogens (tertiary/aromatic N) is 2. The van der Waals surface area contributed by atoms with Gasteiger partial charge < -0.3 is 9.84 Å². The molecule has 2 rings (SSSR count). The summed E-state index contributed by atoms with van der Waals surface area (Å²) in [4.78, 5) is 4.68. The Hall–Kier alpha value is -0.810. The van der Waals surface area contributed by atoms with Crippen LogP contribution in [0.2, 0.25) is 5.02 Å². The molecule has 1 N–H and O–H groups in total. The molecule has 0 spiro atoms. The van der Waals surface area contributed by atoms with E-state index in [-0.39, 0.29) is 6.61 Å². The lowest BCUT2D eigenvalue weighted by molar-refractivity contribution is 0.101. The van der Waals surface area contributed by atoms with Crippen LogP contribution in [0.25, 0.3) is 0 Å². The Morgan fingerprint density at radius 1 is 1.10 bits per heavy atom. The summed E-state index contributed by atoms with van der Waals surface area (Å²) in [5.41, 5.74) is 2.25. The van der Waals surface area contributed by atoms with Crippen molar-refractivity contribution >= 4 is 11.6 Å². The van der Waals surface area contributed by atoms with E-state index < -0.39 is 0 Å². The molecule has 0 saturated carbocycles. The van der Waals surface area contributed by atoms with E-state index in [2.05, 4.69) is 15.9 Å². The zero-order valence-electron chi connectivity index (χ0n) is 12.9. The van der Waals surface area contributed by atoms with Crippen molar-refractivity contribution in [2.75, 3.05) is 52.5 Å². The van der Waals surface area contributed by atoms with Crippen LogP contribution >= 0.6 is 11.6 Å². The minimum Gasteiger partial charge on any atom is -0.490 e. The van der Waals surface area contributed by atoms with Crippen molar-refractivity contribution in [3.8, 4) is 5.75 Å². The lowest BCUT2D eigenvalue weighted by Gasteiger charge is -2.34. The topological polar surface area (TPSA) is 35.9 Å². The zero-order chi connectivity index (χ0) is 15.2. The Morgan fingerprint density at radius 2 is 1.71 bits per heavy atom. The Morgan fingerprint density at radius 3 is 2.29 bits per heavy atom. The Kier molecular flexibility index (Phi) is 6.30. The molecule has 1 heterocycles. The fourth-order valence-electron chi connectivity index (χ4n) is 2.74. The van der Waals surface area contributed by atoms with Gasteiger partial charge in [0.2, 0.25) is 0 Å². The summed E-state index contributed by atoms with van der Waals surface area (Å²) in [6.45, 7) is 10.8. The van der Waals surface area contributed by atoms with Gasteiger partial charge in [-0.3, -0.25) is 9.80 Å². The first-order valence-electron chi connectivity index (χ1n) is 7.55. The summed E-state index contributed by atoms with van der Waals surface area (Å²) in [7, 11) is 0. The minimum absolute atomic E-state index is 0.244. The summed E-state index contributed by atoms with van der Waals surface area (Å²) in [6, 6.07) is 4.03. The normalized spacial score (nSPS) is 17.1. The first kappa shape index (κ1) is 16.6. The van der Waals surface area contributed by atoms with Crippen LogP contribution in [0.1, 0.15) is 11.1 Å². The Balaban J connectivity index is 1.76. The van der Waals surface area contributed by atoms with Gasteiger partial charge in [0.05, 0.1) is 11.6 Å². The second-order valence-electron chi connectivity index (χ2n) is 5.65. The predicted octanol–water partition coefficient (Wildman–Crippen LogP) is 1.95. The van der Waals surface area contributed by atoms with Crippen LogP contribution < -0.4 is 4.74 Å². The van der Waals surface area contributed by atoms with Gasteiger partial charge in [0.1, 0.15) is 12.4 Å². The van der Waals surface area contributed by atoms with Gasteiger partial charge in [0.15, 0.2) is 0 Å². The molecule has 0 atom stereocenters. The summed E-state index contributed by atoms with van der Waals surface area (Å²) in [6.07, 6.45) is 0. The van der Waals surface area contributed by atoms with Crippen LogP contribution in [0.4, 0.5) is 0 Å². The smallest absolute Gasteiger partial charge is 0.140 e. The number of halogens is 1. The lowest BCUT2D eigenvalue weighted by Crippen LogP contribution is -2.48. The number of aryl methyl sites for hydroxylation is 2. The molecule has 5 heteroatoms. The minimum atomic E-state index is 0.244. The fourth-order valence-corrected chi connectivity index (χ4v) is 3.12. The molecule has 0 radical (unpaired) electrons. The number of β-amino-alcohol motifs (C(OH)–C–C–N with tert-alkyl or cyclic N) is 1. The third kappa shape index (κ3) is 4.85. The predicted molar refractivity (Wildman–Crippen MR) is 86.4 cm³/mol. The standard InChI is InChI=1S/C16H25ClN2O2/c1-13-11-14(2)16(15(17)12-13)21-10-8-19-5-3-18(4-6-19)7-9-20/h11-12,20H,3-10H2,1-2H3. The highest BCUT2D eigenvalue weighted by Crippen LogP contribution is 2.29. The molecular weight excluding hydrogens is 288 g/mol. The molecule has 1 aliphatic heterocycles. The van der Waals surface area contributed by atoms with Crippen molar-refractivity contribution < 1.29 is 9.84 Å². The van der Waals surface area contributed by atoms with Crippen molar-refractivity contribution in [1.82, 2.24) is 9.80 Å². The van der Waals surface area contributed by atoms with Crippen LogP contribution in [-0.2, 0) is 0 Å². The number of benzene rings is 1. The number of ether oxygens (including phenoxy) is 1. The van der Waals surface area contributed by atoms with E-state index in [0.717, 1.165) is 56.1 Å². The molecule has 118 valence electrons.